The van der Waals surface area contributed by atoms with E-state index in [1.807, 2.05) is 0 Å². The molecule has 1 saturated carbocycles. The Morgan fingerprint density at radius 3 is 2.63 bits per heavy atom. The summed E-state index contributed by atoms with van der Waals surface area (Å²) in [6.45, 7) is 0.514. The largest absolute Gasteiger partial charge is 0.481 e. The van der Waals surface area contributed by atoms with Crippen LogP contribution in [0.5, 0.6) is 5.75 Å². The van der Waals surface area contributed by atoms with Crippen molar-refractivity contribution in [1.82, 2.24) is 5.32 Å². The molecule has 4 nitrogen and oxygen atoms in total. The van der Waals surface area contributed by atoms with Crippen molar-refractivity contribution in [2.75, 3.05) is 13.2 Å². The third kappa shape index (κ3) is 3.49. The Morgan fingerprint density at radius 1 is 1.42 bits per heavy atom. The second kappa shape index (κ2) is 5.77. The van der Waals surface area contributed by atoms with Crippen molar-refractivity contribution in [2.24, 2.45) is 0 Å². The van der Waals surface area contributed by atoms with Crippen LogP contribution in [0.25, 0.3) is 0 Å². The van der Waals surface area contributed by atoms with Crippen molar-refractivity contribution in [3.8, 4) is 18.1 Å². The van der Waals surface area contributed by atoms with E-state index in [0.717, 1.165) is 19.3 Å². The van der Waals surface area contributed by atoms with Gasteiger partial charge < -0.3 is 15.2 Å². The molecule has 0 spiro atoms. The fourth-order valence-corrected chi connectivity index (χ4v) is 1.94. The summed E-state index contributed by atoms with van der Waals surface area (Å²) >= 11 is 0. The standard InChI is InChI=1S/C15H17NO3/c1-2-10-19-13-6-4-12(5-7-13)14(17)16-11-15(18)8-3-9-15/h1,4-7,18H,3,8-11H2,(H,16,17). The molecular formula is C15H17NO3. The van der Waals surface area contributed by atoms with Crippen LogP contribution < -0.4 is 10.1 Å². The number of carbonyl (C=O) groups is 1. The fourth-order valence-electron chi connectivity index (χ4n) is 1.94. The zero-order chi connectivity index (χ0) is 13.7. The van der Waals surface area contributed by atoms with Gasteiger partial charge in [-0.1, -0.05) is 5.92 Å². The van der Waals surface area contributed by atoms with E-state index in [-0.39, 0.29) is 12.5 Å². The van der Waals surface area contributed by atoms with Crippen LogP contribution in [0.1, 0.15) is 29.6 Å². The van der Waals surface area contributed by atoms with Gasteiger partial charge in [0.05, 0.1) is 5.60 Å². The Morgan fingerprint density at radius 2 is 2.11 bits per heavy atom. The van der Waals surface area contributed by atoms with Gasteiger partial charge in [-0.05, 0) is 43.5 Å². The molecule has 0 unspecified atom stereocenters. The van der Waals surface area contributed by atoms with E-state index >= 15 is 0 Å². The number of amides is 1. The van der Waals surface area contributed by atoms with Crippen molar-refractivity contribution >= 4 is 5.91 Å². The lowest BCUT2D eigenvalue weighted by atomic mass is 9.80. The van der Waals surface area contributed by atoms with E-state index < -0.39 is 5.60 Å². The van der Waals surface area contributed by atoms with Gasteiger partial charge in [-0.25, -0.2) is 0 Å². The maximum atomic E-state index is 11.9. The van der Waals surface area contributed by atoms with Crippen LogP contribution in [0.3, 0.4) is 0 Å². The predicted octanol–water partition coefficient (Wildman–Crippen LogP) is 1.34. The Balaban J connectivity index is 1.86. The van der Waals surface area contributed by atoms with Gasteiger partial charge in [0.15, 0.2) is 0 Å². The highest BCUT2D eigenvalue weighted by molar-refractivity contribution is 5.94. The topological polar surface area (TPSA) is 58.6 Å². The summed E-state index contributed by atoms with van der Waals surface area (Å²) in [4.78, 5) is 11.9. The number of ether oxygens (including phenoxy) is 1. The molecule has 2 N–H and O–H groups in total. The second-order valence-electron chi connectivity index (χ2n) is 4.78. The SMILES string of the molecule is C#CCOc1ccc(C(=O)NCC2(O)CCC2)cc1. The van der Waals surface area contributed by atoms with Gasteiger partial charge in [-0.3, -0.25) is 4.79 Å². The molecule has 0 radical (unpaired) electrons. The monoisotopic (exact) mass is 259 g/mol. The second-order valence-corrected chi connectivity index (χ2v) is 4.78. The molecule has 100 valence electrons. The van der Waals surface area contributed by atoms with E-state index in [0.29, 0.717) is 17.9 Å². The maximum Gasteiger partial charge on any atom is 0.251 e. The van der Waals surface area contributed by atoms with Gasteiger partial charge in [-0.15, -0.1) is 6.42 Å². The van der Waals surface area contributed by atoms with E-state index in [9.17, 15) is 9.90 Å². The molecule has 1 aromatic carbocycles. The molecule has 2 rings (SSSR count). The van der Waals surface area contributed by atoms with Gasteiger partial charge in [0.2, 0.25) is 0 Å². The lowest BCUT2D eigenvalue weighted by Gasteiger charge is -2.36. The molecule has 1 aliphatic rings. The Hall–Kier alpha value is -1.99. The Labute approximate surface area is 112 Å². The zero-order valence-electron chi connectivity index (χ0n) is 10.7. The van der Waals surface area contributed by atoms with Crippen molar-refractivity contribution in [2.45, 2.75) is 24.9 Å². The summed E-state index contributed by atoms with van der Waals surface area (Å²) in [7, 11) is 0. The van der Waals surface area contributed by atoms with Crippen LogP contribution in [-0.2, 0) is 0 Å². The number of aliphatic hydroxyl groups is 1. The predicted molar refractivity (Wildman–Crippen MR) is 71.9 cm³/mol. The van der Waals surface area contributed by atoms with Gasteiger partial charge in [0.1, 0.15) is 12.4 Å². The van der Waals surface area contributed by atoms with Gasteiger partial charge in [-0.2, -0.15) is 0 Å². The average Bonchev–Trinajstić information content (AvgIpc) is 2.41. The molecule has 0 atom stereocenters. The maximum absolute atomic E-state index is 11.9. The number of terminal acetylenes is 1. The molecule has 0 heterocycles. The number of rotatable bonds is 5. The van der Waals surface area contributed by atoms with E-state index in [1.54, 1.807) is 24.3 Å². The smallest absolute Gasteiger partial charge is 0.251 e. The zero-order valence-corrected chi connectivity index (χ0v) is 10.7. The first-order chi connectivity index (χ1) is 9.13. The van der Waals surface area contributed by atoms with E-state index in [4.69, 9.17) is 11.2 Å². The minimum absolute atomic E-state index is 0.191. The molecule has 0 aromatic heterocycles. The van der Waals surface area contributed by atoms with Crippen molar-refractivity contribution in [3.63, 3.8) is 0 Å². The molecule has 1 amide bonds. The number of hydrogen-bond acceptors (Lipinski definition) is 3. The van der Waals surface area contributed by atoms with Crippen LogP contribution >= 0.6 is 0 Å². The summed E-state index contributed by atoms with van der Waals surface area (Å²) in [6.07, 6.45) is 7.62. The molecule has 0 bridgehead atoms. The molecular weight excluding hydrogens is 242 g/mol. The third-order valence-electron chi connectivity index (χ3n) is 3.30. The molecule has 1 fully saturated rings. The third-order valence-corrected chi connectivity index (χ3v) is 3.30. The summed E-state index contributed by atoms with van der Waals surface area (Å²) in [6, 6.07) is 6.74. The van der Waals surface area contributed by atoms with Crippen LogP contribution in [-0.4, -0.2) is 29.8 Å². The van der Waals surface area contributed by atoms with Crippen LogP contribution in [0.2, 0.25) is 0 Å². The molecule has 19 heavy (non-hydrogen) atoms. The Kier molecular flexibility index (Phi) is 4.08. The molecule has 4 heteroatoms. The van der Waals surface area contributed by atoms with Crippen LogP contribution in [0.4, 0.5) is 0 Å². The average molecular weight is 259 g/mol. The highest BCUT2D eigenvalue weighted by Crippen LogP contribution is 2.30. The van der Waals surface area contributed by atoms with Gasteiger partial charge >= 0.3 is 0 Å². The van der Waals surface area contributed by atoms with Crippen molar-refractivity contribution in [1.29, 1.82) is 0 Å². The number of benzene rings is 1. The quantitative estimate of drug-likeness (QED) is 0.785. The van der Waals surface area contributed by atoms with Crippen molar-refractivity contribution < 1.29 is 14.6 Å². The van der Waals surface area contributed by atoms with Crippen molar-refractivity contribution in [3.05, 3.63) is 29.8 Å². The van der Waals surface area contributed by atoms with Crippen LogP contribution in [0.15, 0.2) is 24.3 Å². The van der Waals surface area contributed by atoms with Gasteiger partial charge in [0.25, 0.3) is 5.91 Å². The summed E-state index contributed by atoms with van der Waals surface area (Å²) in [5.74, 6) is 2.81. The summed E-state index contributed by atoms with van der Waals surface area (Å²) in [5, 5.41) is 12.6. The Bertz CT molecular complexity index is 483. The first-order valence-corrected chi connectivity index (χ1v) is 6.30. The highest BCUT2D eigenvalue weighted by atomic mass is 16.5. The molecule has 0 saturated heterocycles. The molecule has 1 aliphatic carbocycles. The first kappa shape index (κ1) is 13.4. The lowest BCUT2D eigenvalue weighted by Crippen LogP contribution is -2.47. The number of hydrogen-bond donors (Lipinski definition) is 2. The minimum atomic E-state index is -0.703. The van der Waals surface area contributed by atoms with Crippen LogP contribution in [0, 0.1) is 12.3 Å². The number of nitrogens with one attached hydrogen (secondary N) is 1. The van der Waals surface area contributed by atoms with E-state index in [1.165, 1.54) is 0 Å². The van der Waals surface area contributed by atoms with E-state index in [2.05, 4.69) is 11.2 Å². The fraction of sp³-hybridized carbons (Fsp3) is 0.400. The summed E-state index contributed by atoms with van der Waals surface area (Å²) in [5.41, 5.74) is -0.165. The normalized spacial score (nSPS) is 16.0. The lowest BCUT2D eigenvalue weighted by molar-refractivity contribution is -0.0300. The minimum Gasteiger partial charge on any atom is -0.481 e. The summed E-state index contributed by atoms with van der Waals surface area (Å²) < 4.78 is 5.22. The molecule has 1 aromatic rings. The first-order valence-electron chi connectivity index (χ1n) is 6.30. The number of carbonyl (C=O) groups excluding carboxylic acids is 1. The molecule has 0 aliphatic heterocycles. The van der Waals surface area contributed by atoms with Gasteiger partial charge in [0, 0.05) is 12.1 Å². The highest BCUT2D eigenvalue weighted by Gasteiger charge is 2.34.